The Bertz CT molecular complexity index is 378. The molecule has 1 fully saturated rings. The number of thioether (sulfide) groups is 1. The van der Waals surface area contributed by atoms with Crippen molar-refractivity contribution in [2.24, 2.45) is 5.92 Å². The molecule has 94 valence electrons. The van der Waals surface area contributed by atoms with Crippen molar-refractivity contribution in [2.75, 3.05) is 18.1 Å². The Kier molecular flexibility index (Phi) is 5.04. The fraction of sp³-hybridized carbons (Fsp3) is 0.538. The highest BCUT2D eigenvalue weighted by molar-refractivity contribution is 7.99. The molecule has 1 aromatic rings. The van der Waals surface area contributed by atoms with Gasteiger partial charge < -0.3 is 5.32 Å². The van der Waals surface area contributed by atoms with Crippen LogP contribution in [0.1, 0.15) is 24.9 Å². The molecule has 1 saturated heterocycles. The summed E-state index contributed by atoms with van der Waals surface area (Å²) in [6.07, 6.45) is 1.34. The van der Waals surface area contributed by atoms with Gasteiger partial charge in [-0.2, -0.15) is 11.8 Å². The summed E-state index contributed by atoms with van der Waals surface area (Å²) in [5, 5.41) is 4.83. The second-order valence-corrected chi connectivity index (χ2v) is 6.50. The van der Waals surface area contributed by atoms with E-state index in [1.165, 1.54) is 23.5 Å². The van der Waals surface area contributed by atoms with Gasteiger partial charge in [0, 0.05) is 6.04 Å². The third-order valence-corrected chi connectivity index (χ3v) is 5.15. The second kappa shape index (κ2) is 6.33. The molecule has 17 heavy (non-hydrogen) atoms. The van der Waals surface area contributed by atoms with Crippen LogP contribution in [0.15, 0.2) is 18.2 Å². The number of benzene rings is 1. The van der Waals surface area contributed by atoms with Gasteiger partial charge in [0.1, 0.15) is 0 Å². The number of hydrogen-bond acceptors (Lipinski definition) is 2. The maximum Gasteiger partial charge on any atom is 0.0595 e. The van der Waals surface area contributed by atoms with Gasteiger partial charge in [-0.3, -0.25) is 0 Å². The van der Waals surface area contributed by atoms with Gasteiger partial charge in [-0.25, -0.2) is 0 Å². The van der Waals surface area contributed by atoms with Crippen molar-refractivity contribution in [1.29, 1.82) is 0 Å². The first-order chi connectivity index (χ1) is 8.16. The van der Waals surface area contributed by atoms with E-state index >= 15 is 0 Å². The molecular weight excluding hydrogens is 273 g/mol. The highest BCUT2D eigenvalue weighted by Crippen LogP contribution is 2.26. The topological polar surface area (TPSA) is 12.0 Å². The third kappa shape index (κ3) is 3.78. The van der Waals surface area contributed by atoms with E-state index in [9.17, 15) is 0 Å². The molecule has 2 atom stereocenters. The second-order valence-electron chi connectivity index (χ2n) is 4.53. The van der Waals surface area contributed by atoms with Crippen LogP contribution >= 0.6 is 35.0 Å². The van der Waals surface area contributed by atoms with Crippen molar-refractivity contribution >= 4 is 35.0 Å². The lowest BCUT2D eigenvalue weighted by Crippen LogP contribution is -2.25. The highest BCUT2D eigenvalue weighted by atomic mass is 35.5. The molecule has 2 unspecified atom stereocenters. The average molecular weight is 290 g/mol. The zero-order valence-electron chi connectivity index (χ0n) is 9.88. The Morgan fingerprint density at radius 2 is 2.24 bits per heavy atom. The minimum absolute atomic E-state index is 0.329. The highest BCUT2D eigenvalue weighted by Gasteiger charge is 2.16. The number of hydrogen-bond donors (Lipinski definition) is 1. The molecule has 0 amide bonds. The van der Waals surface area contributed by atoms with Gasteiger partial charge in [-0.1, -0.05) is 29.3 Å². The molecule has 1 aromatic carbocycles. The Balaban J connectivity index is 1.89. The van der Waals surface area contributed by atoms with Crippen LogP contribution in [-0.2, 0) is 0 Å². The van der Waals surface area contributed by atoms with Crippen LogP contribution in [-0.4, -0.2) is 18.1 Å². The standard InChI is InChI=1S/C13H17Cl2NS/c1-9(16-7-10-4-5-17-8-10)11-2-3-12(14)13(15)6-11/h2-3,6,9-10,16H,4-5,7-8H2,1H3. The van der Waals surface area contributed by atoms with Crippen LogP contribution < -0.4 is 5.32 Å². The average Bonchev–Trinajstić information content (AvgIpc) is 2.82. The van der Waals surface area contributed by atoms with Gasteiger partial charge in [0.05, 0.1) is 10.0 Å². The van der Waals surface area contributed by atoms with Crippen LogP contribution in [0, 0.1) is 5.92 Å². The molecule has 1 nitrogen and oxygen atoms in total. The minimum Gasteiger partial charge on any atom is -0.310 e. The molecule has 1 N–H and O–H groups in total. The predicted octanol–water partition coefficient (Wildman–Crippen LogP) is 4.40. The van der Waals surface area contributed by atoms with Crippen molar-refractivity contribution in [2.45, 2.75) is 19.4 Å². The largest absolute Gasteiger partial charge is 0.310 e. The molecule has 0 aromatic heterocycles. The van der Waals surface area contributed by atoms with Crippen LogP contribution in [0.2, 0.25) is 10.0 Å². The van der Waals surface area contributed by atoms with Crippen LogP contribution in [0.3, 0.4) is 0 Å². The van der Waals surface area contributed by atoms with E-state index in [0.29, 0.717) is 16.1 Å². The zero-order valence-corrected chi connectivity index (χ0v) is 12.2. The van der Waals surface area contributed by atoms with Gasteiger partial charge in [-0.15, -0.1) is 0 Å². The van der Waals surface area contributed by atoms with E-state index in [4.69, 9.17) is 23.2 Å². The van der Waals surface area contributed by atoms with Gasteiger partial charge in [0.15, 0.2) is 0 Å². The van der Waals surface area contributed by atoms with Crippen LogP contribution in [0.5, 0.6) is 0 Å². The SMILES string of the molecule is CC(NCC1CCSC1)c1ccc(Cl)c(Cl)c1. The van der Waals surface area contributed by atoms with E-state index in [2.05, 4.69) is 24.0 Å². The number of nitrogens with one attached hydrogen (secondary N) is 1. The Hall–Kier alpha value is 0.110. The summed E-state index contributed by atoms with van der Waals surface area (Å²) in [6, 6.07) is 6.18. The summed E-state index contributed by atoms with van der Waals surface area (Å²) >= 11 is 14.0. The Morgan fingerprint density at radius 3 is 2.88 bits per heavy atom. The summed E-state index contributed by atoms with van der Waals surface area (Å²) < 4.78 is 0. The first kappa shape index (κ1) is 13.5. The molecular formula is C13H17Cl2NS. The molecule has 0 aliphatic carbocycles. The minimum atomic E-state index is 0.329. The summed E-state index contributed by atoms with van der Waals surface area (Å²) in [5.41, 5.74) is 1.20. The number of rotatable bonds is 4. The molecule has 0 spiro atoms. The first-order valence-electron chi connectivity index (χ1n) is 5.93. The van der Waals surface area contributed by atoms with Crippen LogP contribution in [0.4, 0.5) is 0 Å². The maximum atomic E-state index is 6.02. The summed E-state index contributed by atoms with van der Waals surface area (Å²) in [5.74, 6) is 3.43. The Morgan fingerprint density at radius 1 is 1.41 bits per heavy atom. The van der Waals surface area contributed by atoms with Gasteiger partial charge in [-0.05, 0) is 55.0 Å². The zero-order chi connectivity index (χ0) is 12.3. The third-order valence-electron chi connectivity index (χ3n) is 3.18. The lowest BCUT2D eigenvalue weighted by molar-refractivity contribution is 0.477. The monoisotopic (exact) mass is 289 g/mol. The van der Waals surface area contributed by atoms with E-state index < -0.39 is 0 Å². The lowest BCUT2D eigenvalue weighted by atomic mass is 10.1. The van der Waals surface area contributed by atoms with E-state index in [0.717, 1.165) is 12.5 Å². The number of halogens is 2. The van der Waals surface area contributed by atoms with Crippen molar-refractivity contribution in [3.63, 3.8) is 0 Å². The van der Waals surface area contributed by atoms with Gasteiger partial charge >= 0.3 is 0 Å². The fourth-order valence-corrected chi connectivity index (χ4v) is 3.58. The normalized spacial score (nSPS) is 21.7. The molecule has 1 aliphatic heterocycles. The molecule has 1 aliphatic rings. The van der Waals surface area contributed by atoms with Crippen molar-refractivity contribution in [1.82, 2.24) is 5.32 Å². The summed E-state index contributed by atoms with van der Waals surface area (Å²) in [7, 11) is 0. The quantitative estimate of drug-likeness (QED) is 0.882. The van der Waals surface area contributed by atoms with Gasteiger partial charge in [0.2, 0.25) is 0 Å². The fourth-order valence-electron chi connectivity index (χ4n) is 1.99. The summed E-state index contributed by atoms with van der Waals surface area (Å²) in [4.78, 5) is 0. The molecule has 0 bridgehead atoms. The molecule has 1 heterocycles. The van der Waals surface area contributed by atoms with Crippen LogP contribution in [0.25, 0.3) is 0 Å². The van der Waals surface area contributed by atoms with E-state index in [1.807, 2.05) is 18.2 Å². The maximum absolute atomic E-state index is 6.02. The van der Waals surface area contributed by atoms with Gasteiger partial charge in [0.25, 0.3) is 0 Å². The van der Waals surface area contributed by atoms with Crippen molar-refractivity contribution in [3.8, 4) is 0 Å². The van der Waals surface area contributed by atoms with E-state index in [1.54, 1.807) is 0 Å². The first-order valence-corrected chi connectivity index (χ1v) is 7.84. The van der Waals surface area contributed by atoms with Crippen molar-refractivity contribution in [3.05, 3.63) is 33.8 Å². The molecule has 0 radical (unpaired) electrons. The lowest BCUT2D eigenvalue weighted by Gasteiger charge is -2.17. The molecule has 4 heteroatoms. The molecule has 2 rings (SSSR count). The smallest absolute Gasteiger partial charge is 0.0595 e. The van der Waals surface area contributed by atoms with Crippen molar-refractivity contribution < 1.29 is 0 Å². The Labute approximate surface area is 117 Å². The summed E-state index contributed by atoms with van der Waals surface area (Å²) in [6.45, 7) is 3.26. The molecule has 0 saturated carbocycles. The van der Waals surface area contributed by atoms with E-state index in [-0.39, 0.29) is 0 Å². The predicted molar refractivity (Wildman–Crippen MR) is 78.3 cm³/mol.